The number of carbonyl (C=O) groups excluding carboxylic acids is 1. The lowest BCUT2D eigenvalue weighted by atomic mass is 10.2. The molecule has 0 aromatic heterocycles. The van der Waals surface area contributed by atoms with Gasteiger partial charge in [0.05, 0.1) is 12.7 Å². The normalized spacial score (nSPS) is 19.7. The van der Waals surface area contributed by atoms with Crippen molar-refractivity contribution in [3.05, 3.63) is 29.8 Å². The summed E-state index contributed by atoms with van der Waals surface area (Å²) in [7, 11) is 1.40. The lowest BCUT2D eigenvalue weighted by Gasteiger charge is -2.11. The molecule has 0 amide bonds. The molecule has 0 aliphatic carbocycles. The highest BCUT2D eigenvalue weighted by molar-refractivity contribution is 7.99. The van der Waals surface area contributed by atoms with Crippen molar-refractivity contribution in [2.75, 3.05) is 13.7 Å². The number of ether oxygens (including phenoxy) is 2. The summed E-state index contributed by atoms with van der Waals surface area (Å²) in [5, 5.41) is 0. The highest BCUT2D eigenvalue weighted by Crippen LogP contribution is 2.32. The Morgan fingerprint density at radius 1 is 1.50 bits per heavy atom. The molecular formula is C12H14O3S. The maximum absolute atomic E-state index is 11.5. The lowest BCUT2D eigenvalue weighted by Crippen LogP contribution is -2.05. The van der Waals surface area contributed by atoms with Crippen molar-refractivity contribution in [3.8, 4) is 0 Å². The maximum atomic E-state index is 11.5. The van der Waals surface area contributed by atoms with E-state index in [1.807, 2.05) is 18.2 Å². The molecule has 0 bridgehead atoms. The highest BCUT2D eigenvalue weighted by Gasteiger charge is 2.20. The Kier molecular flexibility index (Phi) is 3.85. The van der Waals surface area contributed by atoms with E-state index < -0.39 is 0 Å². The van der Waals surface area contributed by atoms with Gasteiger partial charge in [-0.15, -0.1) is 0 Å². The number of carbonyl (C=O) groups is 1. The Labute approximate surface area is 99.1 Å². The predicted octanol–water partition coefficient (Wildman–Crippen LogP) is 2.70. The van der Waals surface area contributed by atoms with Crippen LogP contribution in [0, 0.1) is 0 Å². The fraction of sp³-hybridized carbons (Fsp3) is 0.417. The number of rotatable bonds is 3. The van der Waals surface area contributed by atoms with E-state index in [0.717, 1.165) is 24.3 Å². The van der Waals surface area contributed by atoms with Crippen LogP contribution in [0.1, 0.15) is 23.2 Å². The van der Waals surface area contributed by atoms with E-state index in [1.165, 1.54) is 7.11 Å². The number of hydrogen-bond donors (Lipinski definition) is 0. The number of esters is 1. The quantitative estimate of drug-likeness (QED) is 0.758. The number of methoxy groups -OCH3 is 1. The van der Waals surface area contributed by atoms with Crippen LogP contribution in [0.25, 0.3) is 0 Å². The molecule has 4 heteroatoms. The third-order valence-corrected chi connectivity index (χ3v) is 3.68. The molecule has 3 nitrogen and oxygen atoms in total. The minimum Gasteiger partial charge on any atom is -0.465 e. The standard InChI is InChI=1S/C12H14O3S/c1-14-12(13)9-5-2-3-6-10(9)16-11-7-4-8-15-11/h2-3,5-6,11H,4,7-8H2,1H3/t11-/m1/s1. The van der Waals surface area contributed by atoms with Crippen LogP contribution in [0.3, 0.4) is 0 Å². The molecule has 86 valence electrons. The van der Waals surface area contributed by atoms with E-state index in [2.05, 4.69) is 0 Å². The van der Waals surface area contributed by atoms with Crippen LogP contribution >= 0.6 is 11.8 Å². The molecule has 1 atom stereocenters. The van der Waals surface area contributed by atoms with Crippen LogP contribution in [0.15, 0.2) is 29.2 Å². The van der Waals surface area contributed by atoms with Crippen molar-refractivity contribution >= 4 is 17.7 Å². The van der Waals surface area contributed by atoms with E-state index in [9.17, 15) is 4.79 Å². The Bertz CT molecular complexity index is 372. The summed E-state index contributed by atoms with van der Waals surface area (Å²) in [4.78, 5) is 12.5. The Morgan fingerprint density at radius 2 is 2.31 bits per heavy atom. The largest absolute Gasteiger partial charge is 0.465 e. The van der Waals surface area contributed by atoms with Crippen LogP contribution in [-0.4, -0.2) is 25.1 Å². The average molecular weight is 238 g/mol. The molecule has 2 rings (SSSR count). The molecule has 0 saturated carbocycles. The van der Waals surface area contributed by atoms with Gasteiger partial charge >= 0.3 is 5.97 Å². The molecule has 0 N–H and O–H groups in total. The van der Waals surface area contributed by atoms with Gasteiger partial charge in [-0.1, -0.05) is 23.9 Å². The molecule has 0 spiro atoms. The Balaban J connectivity index is 2.15. The molecule has 1 aromatic rings. The summed E-state index contributed by atoms with van der Waals surface area (Å²) in [5.41, 5.74) is 0.788. The molecule has 1 aliphatic heterocycles. The van der Waals surface area contributed by atoms with Gasteiger partial charge in [-0.25, -0.2) is 4.79 Å². The topological polar surface area (TPSA) is 35.5 Å². The summed E-state index contributed by atoms with van der Waals surface area (Å²) in [6, 6.07) is 7.47. The summed E-state index contributed by atoms with van der Waals surface area (Å²) in [6.07, 6.45) is 2.14. The van der Waals surface area contributed by atoms with Gasteiger partial charge in [-0.2, -0.15) is 0 Å². The average Bonchev–Trinajstić information content (AvgIpc) is 2.82. The molecule has 0 unspecified atom stereocenters. The first kappa shape index (κ1) is 11.5. The Morgan fingerprint density at radius 3 is 3.00 bits per heavy atom. The van der Waals surface area contributed by atoms with Crippen LogP contribution in [0.5, 0.6) is 0 Å². The van der Waals surface area contributed by atoms with Gasteiger partial charge in [-0.3, -0.25) is 0 Å². The second-order valence-corrected chi connectivity index (χ2v) is 4.75. The molecule has 16 heavy (non-hydrogen) atoms. The second-order valence-electron chi connectivity index (χ2n) is 3.55. The maximum Gasteiger partial charge on any atom is 0.338 e. The monoisotopic (exact) mass is 238 g/mol. The van der Waals surface area contributed by atoms with E-state index in [0.29, 0.717) is 5.56 Å². The molecular weight excluding hydrogens is 224 g/mol. The van der Waals surface area contributed by atoms with Crippen molar-refractivity contribution in [3.63, 3.8) is 0 Å². The van der Waals surface area contributed by atoms with Gasteiger partial charge in [0.1, 0.15) is 5.44 Å². The first-order chi connectivity index (χ1) is 7.81. The number of hydrogen-bond acceptors (Lipinski definition) is 4. The molecule has 1 aliphatic rings. The van der Waals surface area contributed by atoms with Crippen molar-refractivity contribution in [2.24, 2.45) is 0 Å². The van der Waals surface area contributed by atoms with E-state index >= 15 is 0 Å². The van der Waals surface area contributed by atoms with E-state index in [-0.39, 0.29) is 11.4 Å². The van der Waals surface area contributed by atoms with Gasteiger partial charge in [0.2, 0.25) is 0 Å². The summed E-state index contributed by atoms with van der Waals surface area (Å²) in [6.45, 7) is 0.818. The van der Waals surface area contributed by atoms with Crippen molar-refractivity contribution in [2.45, 2.75) is 23.2 Å². The zero-order valence-electron chi connectivity index (χ0n) is 9.14. The lowest BCUT2D eigenvalue weighted by molar-refractivity contribution is 0.0596. The fourth-order valence-electron chi connectivity index (χ4n) is 1.63. The first-order valence-electron chi connectivity index (χ1n) is 5.27. The third-order valence-electron chi connectivity index (χ3n) is 2.44. The van der Waals surface area contributed by atoms with Crippen molar-refractivity contribution < 1.29 is 14.3 Å². The van der Waals surface area contributed by atoms with Crippen molar-refractivity contribution in [1.82, 2.24) is 0 Å². The van der Waals surface area contributed by atoms with Gasteiger partial charge in [0.25, 0.3) is 0 Å². The fourth-order valence-corrected chi connectivity index (χ4v) is 2.80. The molecule has 1 heterocycles. The zero-order chi connectivity index (χ0) is 11.4. The molecule has 0 radical (unpaired) electrons. The second kappa shape index (κ2) is 5.37. The molecule has 1 fully saturated rings. The molecule has 1 aromatic carbocycles. The Hall–Kier alpha value is -1.00. The third kappa shape index (κ3) is 2.57. The highest BCUT2D eigenvalue weighted by atomic mass is 32.2. The van der Waals surface area contributed by atoms with Crippen LogP contribution in [-0.2, 0) is 9.47 Å². The number of thioether (sulfide) groups is 1. The first-order valence-corrected chi connectivity index (χ1v) is 6.15. The van der Waals surface area contributed by atoms with Gasteiger partial charge in [0.15, 0.2) is 0 Å². The molecule has 1 saturated heterocycles. The summed E-state index contributed by atoms with van der Waals surface area (Å²) >= 11 is 1.60. The summed E-state index contributed by atoms with van der Waals surface area (Å²) in [5.74, 6) is -0.291. The number of benzene rings is 1. The van der Waals surface area contributed by atoms with Gasteiger partial charge < -0.3 is 9.47 Å². The smallest absolute Gasteiger partial charge is 0.338 e. The van der Waals surface area contributed by atoms with E-state index in [1.54, 1.807) is 17.8 Å². The summed E-state index contributed by atoms with van der Waals surface area (Å²) < 4.78 is 10.3. The zero-order valence-corrected chi connectivity index (χ0v) is 9.96. The van der Waals surface area contributed by atoms with Crippen molar-refractivity contribution in [1.29, 1.82) is 0 Å². The van der Waals surface area contributed by atoms with Crippen LogP contribution < -0.4 is 0 Å². The van der Waals surface area contributed by atoms with Crippen LogP contribution in [0.2, 0.25) is 0 Å². The van der Waals surface area contributed by atoms with Gasteiger partial charge in [0, 0.05) is 11.5 Å². The van der Waals surface area contributed by atoms with Crippen LogP contribution in [0.4, 0.5) is 0 Å². The minimum atomic E-state index is -0.291. The predicted molar refractivity (Wildman–Crippen MR) is 62.6 cm³/mol. The minimum absolute atomic E-state index is 0.172. The SMILES string of the molecule is COC(=O)c1ccccc1S[C@@H]1CCCO1. The van der Waals surface area contributed by atoms with Gasteiger partial charge in [-0.05, 0) is 25.0 Å². The van der Waals surface area contributed by atoms with E-state index in [4.69, 9.17) is 9.47 Å².